The molecule has 1 amide bonds. The number of anilines is 1. The molecule has 9 heteroatoms. The van der Waals surface area contributed by atoms with Gasteiger partial charge in [-0.3, -0.25) is 4.79 Å². The number of fused-ring (bicyclic) bond motifs is 1. The molecule has 0 unspecified atom stereocenters. The van der Waals surface area contributed by atoms with Crippen LogP contribution >= 0.6 is 11.6 Å². The molecule has 3 aromatic rings. The van der Waals surface area contributed by atoms with Crippen LogP contribution in [0.25, 0.3) is 0 Å². The summed E-state index contributed by atoms with van der Waals surface area (Å²) in [7, 11) is -2.47. The molecule has 0 radical (unpaired) electrons. The predicted octanol–water partition coefficient (Wildman–Crippen LogP) is 4.17. The van der Waals surface area contributed by atoms with Crippen LogP contribution in [0.1, 0.15) is 21.5 Å². The predicted molar refractivity (Wildman–Crippen MR) is 120 cm³/mol. The molecule has 0 aliphatic carbocycles. The van der Waals surface area contributed by atoms with Crippen molar-refractivity contribution in [1.29, 1.82) is 0 Å². The molecule has 1 heterocycles. The number of ether oxygens (including phenoxy) is 1. The fourth-order valence-electron chi connectivity index (χ4n) is 3.64. The zero-order chi connectivity index (χ0) is 22.9. The minimum Gasteiger partial charge on any atom is -0.495 e. The van der Waals surface area contributed by atoms with Gasteiger partial charge in [0.1, 0.15) is 16.5 Å². The van der Waals surface area contributed by atoms with Gasteiger partial charge in [-0.1, -0.05) is 23.7 Å². The Hall–Kier alpha value is -2.94. The average Bonchev–Trinajstić information content (AvgIpc) is 3.21. The summed E-state index contributed by atoms with van der Waals surface area (Å²) in [6, 6.07) is 15.3. The van der Waals surface area contributed by atoms with E-state index < -0.39 is 15.8 Å². The molecular weight excluding hydrogens is 455 g/mol. The minimum atomic E-state index is -3.86. The van der Waals surface area contributed by atoms with Gasteiger partial charge in [-0.25, -0.2) is 17.5 Å². The number of nitrogens with zero attached hydrogens (tertiary/aromatic N) is 1. The average molecular weight is 475 g/mol. The fourth-order valence-corrected chi connectivity index (χ4v) is 5.09. The highest BCUT2D eigenvalue weighted by Crippen LogP contribution is 2.31. The molecule has 1 aliphatic rings. The van der Waals surface area contributed by atoms with Crippen LogP contribution in [0.2, 0.25) is 5.02 Å². The zero-order valence-electron chi connectivity index (χ0n) is 17.1. The van der Waals surface area contributed by atoms with Crippen LogP contribution in [0.4, 0.5) is 10.1 Å². The third-order valence-corrected chi connectivity index (χ3v) is 6.91. The van der Waals surface area contributed by atoms with E-state index in [9.17, 15) is 17.6 Å². The normalized spacial score (nSPS) is 13.2. The number of amides is 1. The van der Waals surface area contributed by atoms with Crippen molar-refractivity contribution < 1.29 is 22.3 Å². The van der Waals surface area contributed by atoms with Crippen molar-refractivity contribution in [3.8, 4) is 5.75 Å². The molecule has 0 saturated carbocycles. The van der Waals surface area contributed by atoms with Crippen molar-refractivity contribution in [3.05, 3.63) is 88.2 Å². The molecule has 6 nitrogen and oxygen atoms in total. The first kappa shape index (κ1) is 22.3. The number of hydrogen-bond donors (Lipinski definition) is 1. The maximum absolute atomic E-state index is 13.2. The van der Waals surface area contributed by atoms with Gasteiger partial charge in [-0.15, -0.1) is 0 Å². The van der Waals surface area contributed by atoms with E-state index in [1.54, 1.807) is 23.1 Å². The topological polar surface area (TPSA) is 75.7 Å². The maximum atomic E-state index is 13.2. The van der Waals surface area contributed by atoms with Gasteiger partial charge in [0.25, 0.3) is 5.91 Å². The Morgan fingerprint density at radius 1 is 1.12 bits per heavy atom. The standard InChI is InChI=1S/C23H20ClFN2O4S/c1-31-21-9-5-18(24)13-22(21)32(29,30)26-14-15-2-8-20-17(12-15)10-11-27(20)23(28)16-3-6-19(25)7-4-16/h2-9,12-13,26H,10-11,14H2,1H3. The minimum absolute atomic E-state index is 0.0373. The summed E-state index contributed by atoms with van der Waals surface area (Å²) >= 11 is 5.95. The summed E-state index contributed by atoms with van der Waals surface area (Å²) in [4.78, 5) is 14.4. The van der Waals surface area contributed by atoms with E-state index in [-0.39, 0.29) is 28.1 Å². The van der Waals surface area contributed by atoms with Crippen molar-refractivity contribution in [2.24, 2.45) is 0 Å². The summed E-state index contributed by atoms with van der Waals surface area (Å²) in [6.45, 7) is 0.567. The Morgan fingerprint density at radius 2 is 1.88 bits per heavy atom. The second-order valence-electron chi connectivity index (χ2n) is 7.30. The second-order valence-corrected chi connectivity index (χ2v) is 9.47. The van der Waals surface area contributed by atoms with Crippen molar-refractivity contribution in [1.82, 2.24) is 4.72 Å². The largest absolute Gasteiger partial charge is 0.495 e. The lowest BCUT2D eigenvalue weighted by molar-refractivity contribution is 0.0989. The Labute approximate surface area is 190 Å². The molecule has 0 fully saturated rings. The van der Waals surface area contributed by atoms with Crippen LogP contribution in [0.5, 0.6) is 5.75 Å². The fraction of sp³-hybridized carbons (Fsp3) is 0.174. The first-order valence-corrected chi connectivity index (χ1v) is 11.7. The number of sulfonamides is 1. The van der Waals surface area contributed by atoms with Gasteiger partial charge in [0.2, 0.25) is 10.0 Å². The summed E-state index contributed by atoms with van der Waals surface area (Å²) in [5.74, 6) is -0.401. The summed E-state index contributed by atoms with van der Waals surface area (Å²) < 4.78 is 46.4. The van der Waals surface area contributed by atoms with Crippen molar-refractivity contribution >= 4 is 33.2 Å². The summed E-state index contributed by atoms with van der Waals surface area (Å²) in [5.41, 5.74) is 2.87. The second kappa shape index (κ2) is 8.90. The van der Waals surface area contributed by atoms with E-state index in [0.29, 0.717) is 18.5 Å². The molecule has 0 bridgehead atoms. The van der Waals surface area contributed by atoms with Crippen molar-refractivity contribution in [2.45, 2.75) is 17.9 Å². The van der Waals surface area contributed by atoms with E-state index in [0.717, 1.165) is 16.8 Å². The van der Waals surface area contributed by atoms with Crippen LogP contribution in [-0.4, -0.2) is 28.0 Å². The Bertz CT molecular complexity index is 1280. The molecule has 1 aliphatic heterocycles. The number of methoxy groups -OCH3 is 1. The first-order valence-electron chi connectivity index (χ1n) is 9.81. The highest BCUT2D eigenvalue weighted by Gasteiger charge is 2.26. The maximum Gasteiger partial charge on any atom is 0.258 e. The quantitative estimate of drug-likeness (QED) is 0.582. The van der Waals surface area contributed by atoms with Crippen LogP contribution in [0.15, 0.2) is 65.6 Å². The Kier molecular flexibility index (Phi) is 6.19. The zero-order valence-corrected chi connectivity index (χ0v) is 18.7. The van der Waals surface area contributed by atoms with E-state index in [1.807, 2.05) is 6.07 Å². The molecule has 0 saturated heterocycles. The van der Waals surface area contributed by atoms with E-state index in [4.69, 9.17) is 16.3 Å². The van der Waals surface area contributed by atoms with E-state index in [1.165, 1.54) is 43.5 Å². The number of rotatable bonds is 6. The number of benzene rings is 3. The SMILES string of the molecule is COc1ccc(Cl)cc1S(=O)(=O)NCc1ccc2c(c1)CCN2C(=O)c1ccc(F)cc1. The number of carbonyl (C=O) groups excluding carboxylic acids is 1. The highest BCUT2D eigenvalue weighted by atomic mass is 35.5. The first-order chi connectivity index (χ1) is 15.3. The van der Waals surface area contributed by atoms with Gasteiger partial charge in [0.05, 0.1) is 7.11 Å². The molecule has 0 atom stereocenters. The Balaban J connectivity index is 1.50. The summed E-state index contributed by atoms with van der Waals surface area (Å²) in [6.07, 6.45) is 0.644. The van der Waals surface area contributed by atoms with Crippen molar-refractivity contribution in [2.75, 3.05) is 18.6 Å². The molecule has 0 aromatic heterocycles. The van der Waals surface area contributed by atoms with Gasteiger partial charge in [-0.05, 0) is 66.1 Å². The van der Waals surface area contributed by atoms with Crippen LogP contribution < -0.4 is 14.4 Å². The Morgan fingerprint density at radius 3 is 2.59 bits per heavy atom. The van der Waals surface area contributed by atoms with Gasteiger partial charge in [0.15, 0.2) is 0 Å². The van der Waals surface area contributed by atoms with E-state index in [2.05, 4.69) is 4.72 Å². The van der Waals surface area contributed by atoms with E-state index >= 15 is 0 Å². The van der Waals surface area contributed by atoms with Crippen molar-refractivity contribution in [3.63, 3.8) is 0 Å². The number of carbonyl (C=O) groups is 1. The number of hydrogen-bond acceptors (Lipinski definition) is 4. The van der Waals surface area contributed by atoms with Gasteiger partial charge in [-0.2, -0.15) is 0 Å². The van der Waals surface area contributed by atoms with Crippen LogP contribution in [0, 0.1) is 5.82 Å². The molecular formula is C23H20ClFN2O4S. The third kappa shape index (κ3) is 4.48. The number of halogens is 2. The molecule has 4 rings (SSSR count). The molecule has 166 valence electrons. The van der Waals surface area contributed by atoms with Gasteiger partial charge in [0, 0.05) is 29.4 Å². The molecule has 0 spiro atoms. The summed E-state index contributed by atoms with van der Waals surface area (Å²) in [5, 5.41) is 0.287. The third-order valence-electron chi connectivity index (χ3n) is 5.26. The monoisotopic (exact) mass is 474 g/mol. The lowest BCUT2D eigenvalue weighted by Crippen LogP contribution is -2.28. The smallest absolute Gasteiger partial charge is 0.258 e. The molecule has 1 N–H and O–H groups in total. The number of nitrogens with one attached hydrogen (secondary N) is 1. The van der Waals surface area contributed by atoms with Crippen LogP contribution in [-0.2, 0) is 23.0 Å². The van der Waals surface area contributed by atoms with Crippen LogP contribution in [0.3, 0.4) is 0 Å². The van der Waals surface area contributed by atoms with Gasteiger partial charge >= 0.3 is 0 Å². The lowest BCUT2D eigenvalue weighted by atomic mass is 10.1. The molecule has 3 aromatic carbocycles. The van der Waals surface area contributed by atoms with Gasteiger partial charge < -0.3 is 9.64 Å². The highest BCUT2D eigenvalue weighted by molar-refractivity contribution is 7.89. The lowest BCUT2D eigenvalue weighted by Gasteiger charge is -2.18. The molecule has 32 heavy (non-hydrogen) atoms.